The predicted octanol–water partition coefficient (Wildman–Crippen LogP) is 2.07. The van der Waals surface area contributed by atoms with Gasteiger partial charge >= 0.3 is 0 Å². The van der Waals surface area contributed by atoms with Crippen molar-refractivity contribution < 1.29 is 4.74 Å². The second kappa shape index (κ2) is 4.82. The first-order valence-electron chi connectivity index (χ1n) is 4.85. The smallest absolute Gasteiger partial charge is 0.0662 e. The van der Waals surface area contributed by atoms with Gasteiger partial charge in [0.25, 0.3) is 0 Å². The molecule has 1 fully saturated rings. The van der Waals surface area contributed by atoms with Gasteiger partial charge in [0.05, 0.1) is 19.3 Å². The van der Waals surface area contributed by atoms with Crippen molar-refractivity contribution in [2.75, 3.05) is 26.0 Å². The molecule has 0 amide bonds. The van der Waals surface area contributed by atoms with E-state index >= 15 is 0 Å². The van der Waals surface area contributed by atoms with Gasteiger partial charge in [-0.05, 0) is 24.0 Å². The summed E-state index contributed by atoms with van der Waals surface area (Å²) in [7, 11) is 0. The Hall–Kier alpha value is -0.510. The number of benzene rings is 1. The summed E-state index contributed by atoms with van der Waals surface area (Å²) in [5.74, 6) is 0. The zero-order chi connectivity index (χ0) is 9.80. The first-order valence-corrected chi connectivity index (χ1v) is 6.07. The maximum atomic E-state index is 5.43. The van der Waals surface area contributed by atoms with E-state index in [0.717, 1.165) is 19.8 Å². The molecule has 1 aliphatic rings. The molecule has 1 aliphatic heterocycles. The lowest BCUT2D eigenvalue weighted by molar-refractivity contribution is 0.0769. The molecule has 3 heteroatoms. The zero-order valence-corrected chi connectivity index (χ0v) is 9.14. The number of nitrogens with one attached hydrogen (secondary N) is 1. The van der Waals surface area contributed by atoms with Crippen molar-refractivity contribution in [2.45, 2.75) is 10.9 Å². The second-order valence-electron chi connectivity index (χ2n) is 3.35. The molecular weight excluding hydrogens is 194 g/mol. The average Bonchev–Trinajstić information content (AvgIpc) is 2.30. The van der Waals surface area contributed by atoms with Gasteiger partial charge in [0.2, 0.25) is 0 Å². The molecule has 0 aromatic heterocycles. The van der Waals surface area contributed by atoms with Crippen LogP contribution < -0.4 is 5.32 Å². The lowest BCUT2D eigenvalue weighted by Gasteiger charge is -2.24. The minimum Gasteiger partial charge on any atom is -0.378 e. The molecule has 0 saturated carbocycles. The van der Waals surface area contributed by atoms with Crippen LogP contribution in [-0.4, -0.2) is 26.0 Å². The number of hydrogen-bond donors (Lipinski definition) is 1. The average molecular weight is 209 g/mol. The molecule has 1 aromatic carbocycles. The van der Waals surface area contributed by atoms with Crippen LogP contribution in [-0.2, 0) is 4.74 Å². The molecule has 0 spiro atoms. The molecule has 0 bridgehead atoms. The standard InChI is InChI=1S/C11H15NOS/c1-14-10-4-2-9(3-5-10)11-8-13-7-6-12-11/h2-5,11-12H,6-8H2,1H3. The van der Waals surface area contributed by atoms with Crippen LogP contribution in [0.4, 0.5) is 0 Å². The highest BCUT2D eigenvalue weighted by molar-refractivity contribution is 7.98. The van der Waals surface area contributed by atoms with Crippen LogP contribution in [0.3, 0.4) is 0 Å². The summed E-state index contributed by atoms with van der Waals surface area (Å²) in [5.41, 5.74) is 1.32. The van der Waals surface area contributed by atoms with E-state index in [-0.39, 0.29) is 0 Å². The Balaban J connectivity index is 2.07. The number of hydrogen-bond acceptors (Lipinski definition) is 3. The highest BCUT2D eigenvalue weighted by Gasteiger charge is 2.14. The van der Waals surface area contributed by atoms with Crippen LogP contribution in [0.25, 0.3) is 0 Å². The third-order valence-electron chi connectivity index (χ3n) is 2.44. The Kier molecular flexibility index (Phi) is 3.45. The molecule has 0 aliphatic carbocycles. The van der Waals surface area contributed by atoms with Gasteiger partial charge in [-0.1, -0.05) is 12.1 Å². The second-order valence-corrected chi connectivity index (χ2v) is 4.23. The van der Waals surface area contributed by atoms with Gasteiger partial charge in [0.15, 0.2) is 0 Å². The molecule has 0 radical (unpaired) electrons. The van der Waals surface area contributed by atoms with Gasteiger partial charge in [0.1, 0.15) is 0 Å². The lowest BCUT2D eigenvalue weighted by Crippen LogP contribution is -2.34. The fraction of sp³-hybridized carbons (Fsp3) is 0.455. The number of thioether (sulfide) groups is 1. The van der Waals surface area contributed by atoms with E-state index in [4.69, 9.17) is 4.74 Å². The first-order chi connectivity index (χ1) is 6.90. The SMILES string of the molecule is CSc1ccc(C2COCCN2)cc1. The Morgan fingerprint density at radius 2 is 2.14 bits per heavy atom. The van der Waals surface area contributed by atoms with Crippen molar-refractivity contribution in [3.05, 3.63) is 29.8 Å². The Labute approximate surface area is 89.0 Å². The topological polar surface area (TPSA) is 21.3 Å². The van der Waals surface area contributed by atoms with E-state index in [0.29, 0.717) is 6.04 Å². The molecule has 1 N–H and O–H groups in total. The molecule has 1 aromatic rings. The summed E-state index contributed by atoms with van der Waals surface area (Å²) in [4.78, 5) is 1.31. The molecule has 14 heavy (non-hydrogen) atoms. The summed E-state index contributed by atoms with van der Waals surface area (Å²) < 4.78 is 5.43. The van der Waals surface area contributed by atoms with Crippen molar-refractivity contribution in [3.8, 4) is 0 Å². The van der Waals surface area contributed by atoms with E-state index in [2.05, 4.69) is 35.8 Å². The molecule has 76 valence electrons. The van der Waals surface area contributed by atoms with Gasteiger partial charge < -0.3 is 10.1 Å². The highest BCUT2D eigenvalue weighted by atomic mass is 32.2. The molecule has 1 heterocycles. The van der Waals surface area contributed by atoms with Crippen LogP contribution in [0.1, 0.15) is 11.6 Å². The van der Waals surface area contributed by atoms with Gasteiger partial charge in [-0.2, -0.15) is 0 Å². The summed E-state index contributed by atoms with van der Waals surface area (Å²) in [6.07, 6.45) is 2.09. The van der Waals surface area contributed by atoms with Crippen LogP contribution in [0.2, 0.25) is 0 Å². The summed E-state index contributed by atoms with van der Waals surface area (Å²) >= 11 is 1.77. The monoisotopic (exact) mass is 209 g/mol. The van der Waals surface area contributed by atoms with E-state index in [9.17, 15) is 0 Å². The van der Waals surface area contributed by atoms with Crippen molar-refractivity contribution in [1.82, 2.24) is 5.32 Å². The van der Waals surface area contributed by atoms with Crippen LogP contribution in [0.15, 0.2) is 29.2 Å². The maximum absolute atomic E-state index is 5.43. The Morgan fingerprint density at radius 1 is 1.36 bits per heavy atom. The summed E-state index contributed by atoms with van der Waals surface area (Å²) in [6, 6.07) is 9.06. The third-order valence-corrected chi connectivity index (χ3v) is 3.18. The third kappa shape index (κ3) is 2.29. The Morgan fingerprint density at radius 3 is 2.71 bits per heavy atom. The fourth-order valence-electron chi connectivity index (χ4n) is 1.62. The normalized spacial score (nSPS) is 22.2. The minimum atomic E-state index is 0.375. The lowest BCUT2D eigenvalue weighted by atomic mass is 10.1. The van der Waals surface area contributed by atoms with Gasteiger partial charge in [-0.25, -0.2) is 0 Å². The fourth-order valence-corrected chi connectivity index (χ4v) is 2.02. The largest absolute Gasteiger partial charge is 0.378 e. The van der Waals surface area contributed by atoms with E-state index in [1.54, 1.807) is 11.8 Å². The predicted molar refractivity (Wildman–Crippen MR) is 59.8 cm³/mol. The number of rotatable bonds is 2. The first kappa shape index (κ1) is 10.0. The van der Waals surface area contributed by atoms with Crippen LogP contribution in [0, 0.1) is 0 Å². The van der Waals surface area contributed by atoms with Gasteiger partial charge in [-0.15, -0.1) is 11.8 Å². The van der Waals surface area contributed by atoms with Crippen molar-refractivity contribution >= 4 is 11.8 Å². The van der Waals surface area contributed by atoms with E-state index < -0.39 is 0 Å². The minimum absolute atomic E-state index is 0.375. The molecule has 1 atom stereocenters. The van der Waals surface area contributed by atoms with Crippen molar-refractivity contribution in [2.24, 2.45) is 0 Å². The number of morpholine rings is 1. The molecular formula is C11H15NOS. The van der Waals surface area contributed by atoms with Crippen LogP contribution in [0.5, 0.6) is 0 Å². The van der Waals surface area contributed by atoms with Crippen LogP contribution >= 0.6 is 11.8 Å². The number of ether oxygens (including phenoxy) is 1. The molecule has 1 unspecified atom stereocenters. The van der Waals surface area contributed by atoms with E-state index in [1.165, 1.54) is 10.5 Å². The summed E-state index contributed by atoms with van der Waals surface area (Å²) in [5, 5.41) is 3.44. The summed E-state index contributed by atoms with van der Waals surface area (Å²) in [6.45, 7) is 2.58. The molecule has 2 nitrogen and oxygen atoms in total. The quantitative estimate of drug-likeness (QED) is 0.753. The maximum Gasteiger partial charge on any atom is 0.0662 e. The Bertz CT molecular complexity index is 280. The van der Waals surface area contributed by atoms with Gasteiger partial charge in [0, 0.05) is 11.4 Å². The van der Waals surface area contributed by atoms with Crippen molar-refractivity contribution in [3.63, 3.8) is 0 Å². The van der Waals surface area contributed by atoms with Gasteiger partial charge in [-0.3, -0.25) is 0 Å². The highest BCUT2D eigenvalue weighted by Crippen LogP contribution is 2.20. The molecule has 2 rings (SSSR count). The molecule has 1 saturated heterocycles. The zero-order valence-electron chi connectivity index (χ0n) is 8.32. The van der Waals surface area contributed by atoms with Crippen molar-refractivity contribution in [1.29, 1.82) is 0 Å². The van der Waals surface area contributed by atoms with E-state index in [1.807, 2.05) is 0 Å².